The van der Waals surface area contributed by atoms with E-state index in [2.05, 4.69) is 50.3 Å². The van der Waals surface area contributed by atoms with Gasteiger partial charge in [-0.3, -0.25) is 0 Å². The Morgan fingerprint density at radius 2 is 1.81 bits per heavy atom. The summed E-state index contributed by atoms with van der Waals surface area (Å²) >= 11 is 0. The Balaban J connectivity index is 1.80. The fourth-order valence-electron chi connectivity index (χ4n) is 3.28. The standard InChI is InChI=1S/C20H30O/c1-3-5-6-17-7-11-19(12-8-17)20-13-9-18(10-14-20)16-21-15-4-2/h3,5,9-10,13-14,17,19H,4,6-8,11-12,15-16H2,1-2H3/b5-3+/t17-,19-. The molecule has 116 valence electrons. The molecule has 0 radical (unpaired) electrons. The van der Waals surface area contributed by atoms with E-state index in [1.165, 1.54) is 43.2 Å². The van der Waals surface area contributed by atoms with Gasteiger partial charge in [0.1, 0.15) is 0 Å². The monoisotopic (exact) mass is 286 g/mol. The van der Waals surface area contributed by atoms with Crippen molar-refractivity contribution >= 4 is 0 Å². The average molecular weight is 286 g/mol. The van der Waals surface area contributed by atoms with Crippen LogP contribution in [0.5, 0.6) is 0 Å². The number of ether oxygens (including phenoxy) is 1. The summed E-state index contributed by atoms with van der Waals surface area (Å²) in [4.78, 5) is 0. The highest BCUT2D eigenvalue weighted by molar-refractivity contribution is 5.25. The largest absolute Gasteiger partial charge is 0.377 e. The van der Waals surface area contributed by atoms with E-state index < -0.39 is 0 Å². The van der Waals surface area contributed by atoms with Gasteiger partial charge in [-0.05, 0) is 68.4 Å². The molecule has 21 heavy (non-hydrogen) atoms. The lowest BCUT2D eigenvalue weighted by Gasteiger charge is -2.28. The van der Waals surface area contributed by atoms with Gasteiger partial charge in [0.25, 0.3) is 0 Å². The number of benzene rings is 1. The molecule has 0 atom stereocenters. The molecule has 1 saturated carbocycles. The second-order valence-electron chi connectivity index (χ2n) is 6.32. The molecule has 0 bridgehead atoms. The Bertz CT molecular complexity index is 410. The predicted octanol–water partition coefficient (Wildman–Crippen LogP) is 5.85. The van der Waals surface area contributed by atoms with Crippen LogP contribution in [0.4, 0.5) is 0 Å². The number of rotatable bonds is 7. The quantitative estimate of drug-likeness (QED) is 0.451. The van der Waals surface area contributed by atoms with Gasteiger partial charge in [-0.1, -0.05) is 43.3 Å². The van der Waals surface area contributed by atoms with Crippen LogP contribution in [-0.2, 0) is 11.3 Å². The van der Waals surface area contributed by atoms with Crippen molar-refractivity contribution in [3.8, 4) is 0 Å². The summed E-state index contributed by atoms with van der Waals surface area (Å²) in [5.41, 5.74) is 2.83. The molecular weight excluding hydrogens is 256 g/mol. The lowest BCUT2D eigenvalue weighted by Crippen LogP contribution is -2.12. The Morgan fingerprint density at radius 1 is 1.10 bits per heavy atom. The maximum atomic E-state index is 5.60. The minimum Gasteiger partial charge on any atom is -0.377 e. The van der Waals surface area contributed by atoms with Crippen molar-refractivity contribution in [3.05, 3.63) is 47.5 Å². The fraction of sp³-hybridized carbons (Fsp3) is 0.600. The minimum absolute atomic E-state index is 0.754. The Morgan fingerprint density at radius 3 is 2.43 bits per heavy atom. The molecule has 0 N–H and O–H groups in total. The highest BCUT2D eigenvalue weighted by Gasteiger charge is 2.21. The molecular formula is C20H30O. The van der Waals surface area contributed by atoms with Gasteiger partial charge in [0, 0.05) is 6.61 Å². The van der Waals surface area contributed by atoms with Crippen molar-refractivity contribution in [2.75, 3.05) is 6.61 Å². The van der Waals surface area contributed by atoms with E-state index in [4.69, 9.17) is 4.74 Å². The zero-order valence-corrected chi connectivity index (χ0v) is 13.7. The number of allylic oxidation sites excluding steroid dienone is 2. The van der Waals surface area contributed by atoms with Gasteiger partial charge >= 0.3 is 0 Å². The first-order chi connectivity index (χ1) is 10.3. The fourth-order valence-corrected chi connectivity index (χ4v) is 3.28. The molecule has 0 unspecified atom stereocenters. The van der Waals surface area contributed by atoms with E-state index in [-0.39, 0.29) is 0 Å². The summed E-state index contributed by atoms with van der Waals surface area (Å²) in [5.74, 6) is 1.69. The summed E-state index contributed by atoms with van der Waals surface area (Å²) in [6.07, 6.45) is 12.4. The van der Waals surface area contributed by atoms with Crippen molar-refractivity contribution < 1.29 is 4.74 Å². The highest BCUT2D eigenvalue weighted by atomic mass is 16.5. The zero-order valence-electron chi connectivity index (χ0n) is 13.7. The summed E-state index contributed by atoms with van der Waals surface area (Å²) in [6.45, 7) is 5.88. The summed E-state index contributed by atoms with van der Waals surface area (Å²) in [7, 11) is 0. The van der Waals surface area contributed by atoms with Gasteiger partial charge in [0.15, 0.2) is 0 Å². The first-order valence-electron chi connectivity index (χ1n) is 8.61. The molecule has 0 spiro atoms. The Hall–Kier alpha value is -1.08. The Labute approximate surface area is 130 Å². The van der Waals surface area contributed by atoms with Crippen LogP contribution in [0.15, 0.2) is 36.4 Å². The molecule has 1 aromatic rings. The van der Waals surface area contributed by atoms with Crippen molar-refractivity contribution in [3.63, 3.8) is 0 Å². The van der Waals surface area contributed by atoms with Crippen LogP contribution >= 0.6 is 0 Å². The van der Waals surface area contributed by atoms with Gasteiger partial charge in [-0.2, -0.15) is 0 Å². The smallest absolute Gasteiger partial charge is 0.0716 e. The molecule has 1 aliphatic rings. The summed E-state index contributed by atoms with van der Waals surface area (Å²) in [5, 5.41) is 0. The van der Waals surface area contributed by atoms with Crippen LogP contribution < -0.4 is 0 Å². The molecule has 1 fully saturated rings. The van der Waals surface area contributed by atoms with Crippen molar-refractivity contribution in [1.82, 2.24) is 0 Å². The van der Waals surface area contributed by atoms with Gasteiger partial charge in [0.05, 0.1) is 6.61 Å². The van der Waals surface area contributed by atoms with Crippen molar-refractivity contribution in [2.24, 2.45) is 5.92 Å². The van der Waals surface area contributed by atoms with Crippen molar-refractivity contribution in [1.29, 1.82) is 0 Å². The second kappa shape index (κ2) is 9.04. The zero-order chi connectivity index (χ0) is 14.9. The summed E-state index contributed by atoms with van der Waals surface area (Å²) < 4.78 is 5.60. The molecule has 0 heterocycles. The first-order valence-corrected chi connectivity index (χ1v) is 8.61. The third-order valence-electron chi connectivity index (χ3n) is 4.62. The Kier molecular flexibility index (Phi) is 7.02. The topological polar surface area (TPSA) is 9.23 Å². The molecule has 1 heteroatoms. The van der Waals surface area contributed by atoms with Crippen LogP contribution in [0.2, 0.25) is 0 Å². The second-order valence-corrected chi connectivity index (χ2v) is 6.32. The predicted molar refractivity (Wildman–Crippen MR) is 90.5 cm³/mol. The molecule has 0 saturated heterocycles. The van der Waals surface area contributed by atoms with Gasteiger partial charge in [-0.15, -0.1) is 0 Å². The van der Waals surface area contributed by atoms with Crippen LogP contribution in [0, 0.1) is 5.92 Å². The summed E-state index contributed by atoms with van der Waals surface area (Å²) in [6, 6.07) is 9.14. The third-order valence-corrected chi connectivity index (χ3v) is 4.62. The minimum atomic E-state index is 0.754. The number of hydrogen-bond acceptors (Lipinski definition) is 1. The molecule has 0 aromatic heterocycles. The van der Waals surface area contributed by atoms with Crippen molar-refractivity contribution in [2.45, 2.75) is 64.9 Å². The maximum Gasteiger partial charge on any atom is 0.0716 e. The van der Waals surface area contributed by atoms with Gasteiger partial charge in [-0.25, -0.2) is 0 Å². The van der Waals surface area contributed by atoms with Crippen LogP contribution in [0.25, 0.3) is 0 Å². The normalized spacial score (nSPS) is 22.8. The lowest BCUT2D eigenvalue weighted by molar-refractivity contribution is 0.121. The molecule has 0 amide bonds. The van der Waals surface area contributed by atoms with E-state index in [1.54, 1.807) is 0 Å². The van der Waals surface area contributed by atoms with Crippen LogP contribution in [-0.4, -0.2) is 6.61 Å². The highest BCUT2D eigenvalue weighted by Crippen LogP contribution is 2.37. The van der Waals surface area contributed by atoms with E-state index in [1.807, 2.05) is 0 Å². The molecule has 0 aliphatic heterocycles. The molecule has 1 nitrogen and oxygen atoms in total. The molecule has 1 aromatic carbocycles. The molecule has 1 aliphatic carbocycles. The lowest BCUT2D eigenvalue weighted by atomic mass is 9.77. The SMILES string of the molecule is C/C=C/C[C@H]1CC[C@H](c2ccc(COCCC)cc2)CC1. The third kappa shape index (κ3) is 5.32. The van der Waals surface area contributed by atoms with E-state index in [9.17, 15) is 0 Å². The number of hydrogen-bond donors (Lipinski definition) is 0. The molecule has 2 rings (SSSR count). The van der Waals surface area contributed by atoms with Crippen LogP contribution in [0.3, 0.4) is 0 Å². The van der Waals surface area contributed by atoms with Gasteiger partial charge < -0.3 is 4.74 Å². The van der Waals surface area contributed by atoms with E-state index >= 15 is 0 Å². The van der Waals surface area contributed by atoms with E-state index in [0.29, 0.717) is 0 Å². The van der Waals surface area contributed by atoms with Gasteiger partial charge in [0.2, 0.25) is 0 Å². The van der Waals surface area contributed by atoms with Crippen LogP contribution in [0.1, 0.15) is 69.4 Å². The van der Waals surface area contributed by atoms with E-state index in [0.717, 1.165) is 31.5 Å². The average Bonchev–Trinajstić information content (AvgIpc) is 2.54. The first kappa shape index (κ1) is 16.3. The maximum absolute atomic E-state index is 5.60.